The van der Waals surface area contributed by atoms with Crippen molar-refractivity contribution in [3.63, 3.8) is 0 Å². The van der Waals surface area contributed by atoms with Crippen LogP contribution < -0.4 is 10.9 Å². The molecule has 0 atom stereocenters. The topological polar surface area (TPSA) is 74.8 Å². The number of thioether (sulfide) groups is 1. The van der Waals surface area contributed by atoms with Gasteiger partial charge in [-0.15, -0.1) is 0 Å². The number of anilines is 1. The number of aryl methyl sites for hydroxylation is 1. The number of carbonyl (C=O) groups is 1. The first-order valence-electron chi connectivity index (χ1n) is 6.85. The normalized spacial score (nSPS) is 10.5. The monoisotopic (exact) mass is 429 g/mol. The molecule has 0 aliphatic rings. The number of halogens is 1. The lowest BCUT2D eigenvalue weighted by Crippen LogP contribution is -2.16. The zero-order valence-corrected chi connectivity index (χ0v) is 15.0. The molecule has 5 nitrogen and oxygen atoms in total. The third-order valence-electron chi connectivity index (χ3n) is 2.73. The quantitative estimate of drug-likeness (QED) is 0.421. The smallest absolute Gasteiger partial charge is 0.251 e. The number of carbonyl (C=O) groups excluding carboxylic acids is 1. The van der Waals surface area contributed by atoms with E-state index in [1.807, 2.05) is 31.2 Å². The van der Waals surface area contributed by atoms with Crippen LogP contribution >= 0.6 is 34.4 Å². The molecule has 22 heavy (non-hydrogen) atoms. The fraction of sp³-hybridized carbons (Fsp3) is 0.267. The van der Waals surface area contributed by atoms with Gasteiger partial charge in [-0.2, -0.15) is 0 Å². The van der Waals surface area contributed by atoms with Crippen LogP contribution in [0.1, 0.15) is 19.0 Å². The molecule has 7 heteroatoms. The summed E-state index contributed by atoms with van der Waals surface area (Å²) in [6.45, 7) is 2.03. The van der Waals surface area contributed by atoms with Gasteiger partial charge in [0.2, 0.25) is 5.91 Å². The van der Waals surface area contributed by atoms with E-state index in [9.17, 15) is 9.59 Å². The molecule has 0 unspecified atom stereocenters. The van der Waals surface area contributed by atoms with Gasteiger partial charge < -0.3 is 10.3 Å². The molecule has 1 heterocycles. The highest BCUT2D eigenvalue weighted by Crippen LogP contribution is 2.15. The van der Waals surface area contributed by atoms with Crippen molar-refractivity contribution in [2.45, 2.75) is 24.9 Å². The van der Waals surface area contributed by atoms with Crippen LogP contribution in [0.25, 0.3) is 0 Å². The van der Waals surface area contributed by atoms with Crippen LogP contribution in [-0.2, 0) is 11.2 Å². The van der Waals surface area contributed by atoms with Gasteiger partial charge in [-0.3, -0.25) is 9.59 Å². The van der Waals surface area contributed by atoms with Gasteiger partial charge in [0, 0.05) is 21.0 Å². The number of nitrogens with one attached hydrogen (secondary N) is 2. The van der Waals surface area contributed by atoms with E-state index < -0.39 is 0 Å². The van der Waals surface area contributed by atoms with Crippen molar-refractivity contribution in [1.82, 2.24) is 9.97 Å². The number of amides is 1. The van der Waals surface area contributed by atoms with E-state index in [4.69, 9.17) is 0 Å². The van der Waals surface area contributed by atoms with Gasteiger partial charge in [-0.1, -0.05) is 31.2 Å². The molecule has 0 saturated heterocycles. The fourth-order valence-electron chi connectivity index (χ4n) is 1.83. The van der Waals surface area contributed by atoms with Gasteiger partial charge in [0.1, 0.15) is 0 Å². The van der Waals surface area contributed by atoms with Gasteiger partial charge in [0.05, 0.1) is 5.75 Å². The maximum absolute atomic E-state index is 11.9. The number of nitrogens with zero attached hydrogens (tertiary/aromatic N) is 1. The number of aromatic amines is 1. The molecule has 0 aliphatic carbocycles. The van der Waals surface area contributed by atoms with Crippen molar-refractivity contribution in [3.05, 3.63) is 49.9 Å². The molecule has 2 aromatic rings. The number of hydrogen-bond acceptors (Lipinski definition) is 4. The summed E-state index contributed by atoms with van der Waals surface area (Å²) in [4.78, 5) is 30.5. The summed E-state index contributed by atoms with van der Waals surface area (Å²) < 4.78 is 1.06. The summed E-state index contributed by atoms with van der Waals surface area (Å²) in [5.41, 5.74) is 1.34. The van der Waals surface area contributed by atoms with E-state index in [1.54, 1.807) is 0 Å². The second-order valence-electron chi connectivity index (χ2n) is 4.64. The molecular weight excluding hydrogens is 413 g/mol. The standard InChI is InChI=1S/C15H16IN3O2S/c1-2-4-11-8-13(20)19-15(18-11)22-9-14(21)17-12-6-3-5-10(16)7-12/h3,5-8H,2,4,9H2,1H3,(H,17,21)(H,18,19,20). The van der Waals surface area contributed by atoms with Crippen LogP contribution in [0.4, 0.5) is 5.69 Å². The van der Waals surface area contributed by atoms with Crippen LogP contribution in [0, 0.1) is 3.57 Å². The lowest BCUT2D eigenvalue weighted by atomic mass is 10.2. The Labute approximate surface area is 146 Å². The van der Waals surface area contributed by atoms with E-state index in [0.717, 1.165) is 27.8 Å². The van der Waals surface area contributed by atoms with Crippen LogP contribution in [0.15, 0.2) is 40.3 Å². The molecule has 116 valence electrons. The minimum absolute atomic E-state index is 0.129. The van der Waals surface area contributed by atoms with Gasteiger partial charge in [-0.25, -0.2) is 4.98 Å². The van der Waals surface area contributed by atoms with Crippen molar-refractivity contribution >= 4 is 45.9 Å². The Morgan fingerprint density at radius 3 is 2.95 bits per heavy atom. The number of rotatable bonds is 6. The molecule has 1 aromatic heterocycles. The van der Waals surface area contributed by atoms with Gasteiger partial charge >= 0.3 is 0 Å². The first-order valence-corrected chi connectivity index (χ1v) is 8.91. The van der Waals surface area contributed by atoms with Crippen LogP contribution in [0.3, 0.4) is 0 Å². The summed E-state index contributed by atoms with van der Waals surface area (Å²) in [5.74, 6) is 0.0693. The summed E-state index contributed by atoms with van der Waals surface area (Å²) in [5, 5.41) is 3.30. The average Bonchev–Trinajstić information content (AvgIpc) is 2.45. The second-order valence-corrected chi connectivity index (χ2v) is 6.85. The first-order chi connectivity index (χ1) is 10.6. The maximum Gasteiger partial charge on any atom is 0.251 e. The Morgan fingerprint density at radius 1 is 1.41 bits per heavy atom. The molecule has 2 N–H and O–H groups in total. The summed E-state index contributed by atoms with van der Waals surface area (Å²) in [7, 11) is 0. The predicted octanol–water partition coefficient (Wildman–Crippen LogP) is 3.06. The van der Waals surface area contributed by atoms with Crippen molar-refractivity contribution in [1.29, 1.82) is 0 Å². The minimum atomic E-state index is -0.182. The largest absolute Gasteiger partial charge is 0.325 e. The lowest BCUT2D eigenvalue weighted by molar-refractivity contribution is -0.113. The molecule has 0 aliphatic heterocycles. The molecular formula is C15H16IN3O2S. The Bertz CT molecular complexity index is 718. The zero-order valence-electron chi connectivity index (χ0n) is 12.1. The molecule has 0 spiro atoms. The van der Waals surface area contributed by atoms with E-state index >= 15 is 0 Å². The Kier molecular flexibility index (Phi) is 6.44. The molecule has 2 rings (SSSR count). The van der Waals surface area contributed by atoms with Gasteiger partial charge in [0.25, 0.3) is 5.56 Å². The Balaban J connectivity index is 1.95. The zero-order chi connectivity index (χ0) is 15.9. The first kappa shape index (κ1) is 17.0. The molecule has 1 aromatic carbocycles. The minimum Gasteiger partial charge on any atom is -0.325 e. The lowest BCUT2D eigenvalue weighted by Gasteiger charge is -2.06. The highest BCUT2D eigenvalue weighted by atomic mass is 127. The molecule has 0 radical (unpaired) electrons. The van der Waals surface area contributed by atoms with Crippen molar-refractivity contribution in [2.75, 3.05) is 11.1 Å². The fourth-order valence-corrected chi connectivity index (χ4v) is 3.07. The van der Waals surface area contributed by atoms with Crippen molar-refractivity contribution in [3.8, 4) is 0 Å². The average molecular weight is 429 g/mol. The molecule has 1 amide bonds. The second kappa shape index (κ2) is 8.33. The van der Waals surface area contributed by atoms with E-state index in [0.29, 0.717) is 5.16 Å². The van der Waals surface area contributed by atoms with E-state index in [1.165, 1.54) is 17.8 Å². The highest BCUT2D eigenvalue weighted by molar-refractivity contribution is 14.1. The van der Waals surface area contributed by atoms with E-state index in [-0.39, 0.29) is 17.2 Å². The van der Waals surface area contributed by atoms with E-state index in [2.05, 4.69) is 37.9 Å². The predicted molar refractivity (Wildman–Crippen MR) is 97.4 cm³/mol. The number of hydrogen-bond donors (Lipinski definition) is 2. The van der Waals surface area contributed by atoms with Crippen LogP contribution in [-0.4, -0.2) is 21.6 Å². The third kappa shape index (κ3) is 5.45. The molecule has 0 saturated carbocycles. The summed E-state index contributed by atoms with van der Waals surface area (Å²) in [6, 6.07) is 9.08. The summed E-state index contributed by atoms with van der Waals surface area (Å²) >= 11 is 3.42. The van der Waals surface area contributed by atoms with Gasteiger partial charge in [-0.05, 0) is 47.2 Å². The number of benzene rings is 1. The number of aromatic nitrogens is 2. The molecule has 0 bridgehead atoms. The maximum atomic E-state index is 11.9. The summed E-state index contributed by atoms with van der Waals surface area (Å²) in [6.07, 6.45) is 1.68. The SMILES string of the molecule is CCCc1cc(=O)[nH]c(SCC(=O)Nc2cccc(I)c2)n1. The molecule has 0 fully saturated rings. The van der Waals surface area contributed by atoms with Gasteiger partial charge in [0.15, 0.2) is 5.16 Å². The van der Waals surface area contributed by atoms with Crippen molar-refractivity contribution < 1.29 is 4.79 Å². The third-order valence-corrected chi connectivity index (χ3v) is 4.27. The Morgan fingerprint density at radius 2 is 2.23 bits per heavy atom. The van der Waals surface area contributed by atoms with Crippen LogP contribution in [0.2, 0.25) is 0 Å². The van der Waals surface area contributed by atoms with Crippen molar-refractivity contribution in [2.24, 2.45) is 0 Å². The Hall–Kier alpha value is -1.35. The number of H-pyrrole nitrogens is 1. The highest BCUT2D eigenvalue weighted by Gasteiger charge is 2.07. The van der Waals surface area contributed by atoms with Crippen LogP contribution in [0.5, 0.6) is 0 Å².